The third-order valence-corrected chi connectivity index (χ3v) is 4.03. The highest BCUT2D eigenvalue weighted by molar-refractivity contribution is 4.89. The first kappa shape index (κ1) is 14.7. The molecule has 0 saturated carbocycles. The summed E-state index contributed by atoms with van der Waals surface area (Å²) in [7, 11) is 2.24. The molecule has 0 radical (unpaired) electrons. The van der Waals surface area contributed by atoms with E-state index in [1.54, 1.807) is 0 Å². The van der Waals surface area contributed by atoms with Crippen LogP contribution in [0.15, 0.2) is 12.7 Å². The lowest BCUT2D eigenvalue weighted by Gasteiger charge is -2.41. The minimum Gasteiger partial charge on any atom is -0.306 e. The fourth-order valence-corrected chi connectivity index (χ4v) is 2.92. The molecule has 0 aromatic rings. The number of likely N-dealkylation sites (tertiary alicyclic amines) is 2. The zero-order valence-corrected chi connectivity index (χ0v) is 12.0. The second kappa shape index (κ2) is 7.88. The second-order valence-electron chi connectivity index (χ2n) is 5.17. The summed E-state index contributed by atoms with van der Waals surface area (Å²) in [5.41, 5.74) is 0. The van der Waals surface area contributed by atoms with Crippen LogP contribution in [-0.2, 0) is 0 Å². The third kappa shape index (κ3) is 4.44. The van der Waals surface area contributed by atoms with E-state index in [-0.39, 0.29) is 0 Å². The van der Waals surface area contributed by atoms with Gasteiger partial charge < -0.3 is 4.90 Å². The van der Waals surface area contributed by atoms with Gasteiger partial charge in [-0.1, -0.05) is 19.9 Å². The number of hydrogen-bond donors (Lipinski definition) is 0. The van der Waals surface area contributed by atoms with Crippen molar-refractivity contribution in [3.63, 3.8) is 0 Å². The van der Waals surface area contributed by atoms with Gasteiger partial charge in [-0.05, 0) is 58.3 Å². The molecule has 0 spiro atoms. The summed E-state index contributed by atoms with van der Waals surface area (Å²) in [6, 6.07) is 0.851. The van der Waals surface area contributed by atoms with Crippen molar-refractivity contribution in [1.82, 2.24) is 9.80 Å². The molecule has 2 saturated heterocycles. The number of rotatable bonds is 2. The molecule has 0 bridgehead atoms. The quantitative estimate of drug-likeness (QED) is 0.682. The van der Waals surface area contributed by atoms with Crippen molar-refractivity contribution in [3.8, 4) is 0 Å². The van der Waals surface area contributed by atoms with Crippen LogP contribution in [0.3, 0.4) is 0 Å². The zero-order chi connectivity index (χ0) is 12.7. The van der Waals surface area contributed by atoms with E-state index in [4.69, 9.17) is 0 Å². The first-order valence-corrected chi connectivity index (χ1v) is 7.34. The van der Waals surface area contributed by atoms with E-state index in [0.29, 0.717) is 0 Å². The van der Waals surface area contributed by atoms with Crippen molar-refractivity contribution < 1.29 is 0 Å². The largest absolute Gasteiger partial charge is 0.306 e. The molecule has 100 valence electrons. The normalized spacial score (nSPS) is 28.3. The Balaban J connectivity index is 0.000000686. The fourth-order valence-electron chi connectivity index (χ4n) is 2.92. The van der Waals surface area contributed by atoms with Crippen molar-refractivity contribution in [2.24, 2.45) is 5.92 Å². The Bertz CT molecular complexity index is 207. The molecule has 0 aliphatic carbocycles. The molecule has 2 heteroatoms. The van der Waals surface area contributed by atoms with E-state index in [1.165, 1.54) is 51.9 Å². The minimum atomic E-state index is 0.749. The van der Waals surface area contributed by atoms with Crippen molar-refractivity contribution >= 4 is 0 Å². The van der Waals surface area contributed by atoms with Gasteiger partial charge in [-0.15, -0.1) is 6.58 Å². The van der Waals surface area contributed by atoms with E-state index < -0.39 is 0 Å². The summed E-state index contributed by atoms with van der Waals surface area (Å²) in [6.07, 6.45) is 7.59. The maximum atomic E-state index is 3.94. The lowest BCUT2D eigenvalue weighted by molar-refractivity contribution is 0.0887. The molecule has 0 aromatic carbocycles. The Labute approximate surface area is 108 Å². The predicted octanol–water partition coefficient (Wildman–Crippen LogP) is 3.00. The van der Waals surface area contributed by atoms with Crippen LogP contribution in [0.4, 0.5) is 0 Å². The van der Waals surface area contributed by atoms with Gasteiger partial charge in [-0.25, -0.2) is 0 Å². The Morgan fingerprint density at radius 2 is 1.71 bits per heavy atom. The van der Waals surface area contributed by atoms with Gasteiger partial charge in [0.15, 0.2) is 0 Å². The van der Waals surface area contributed by atoms with Gasteiger partial charge in [0.2, 0.25) is 0 Å². The van der Waals surface area contributed by atoms with Gasteiger partial charge in [-0.3, -0.25) is 4.90 Å². The van der Waals surface area contributed by atoms with Crippen LogP contribution in [0.25, 0.3) is 0 Å². The van der Waals surface area contributed by atoms with Crippen LogP contribution in [-0.4, -0.2) is 49.1 Å². The molecule has 2 aliphatic rings. The molecule has 1 atom stereocenters. The summed E-state index contributed by atoms with van der Waals surface area (Å²) in [5.74, 6) is 0.749. The number of hydrogen-bond acceptors (Lipinski definition) is 2. The maximum Gasteiger partial charge on any atom is 0.0120 e. The highest BCUT2D eigenvalue weighted by Crippen LogP contribution is 2.23. The standard InChI is InChI=1S/C13H24N2.C2H6/c1-3-12-5-4-8-15(11-12)13-6-9-14(2)10-7-13;1-2/h3,12-13H,1,4-11H2,2H3;1-2H3. The summed E-state index contributed by atoms with van der Waals surface area (Å²) in [4.78, 5) is 5.16. The first-order valence-electron chi connectivity index (χ1n) is 7.34. The van der Waals surface area contributed by atoms with Gasteiger partial charge in [-0.2, -0.15) is 0 Å². The third-order valence-electron chi connectivity index (χ3n) is 4.03. The van der Waals surface area contributed by atoms with Crippen LogP contribution >= 0.6 is 0 Å². The summed E-state index contributed by atoms with van der Waals surface area (Å²) < 4.78 is 0. The van der Waals surface area contributed by atoms with Crippen LogP contribution in [0.5, 0.6) is 0 Å². The molecule has 0 amide bonds. The molecule has 0 aromatic heterocycles. The van der Waals surface area contributed by atoms with Gasteiger partial charge in [0.1, 0.15) is 0 Å². The Morgan fingerprint density at radius 3 is 2.29 bits per heavy atom. The SMILES string of the molecule is C=CC1CCCN(C2CCN(C)CC2)C1.CC. The second-order valence-corrected chi connectivity index (χ2v) is 5.17. The summed E-state index contributed by atoms with van der Waals surface area (Å²) in [5, 5.41) is 0. The Hall–Kier alpha value is -0.340. The molecule has 2 aliphatic heterocycles. The van der Waals surface area contributed by atoms with Crippen LogP contribution in [0.1, 0.15) is 39.5 Å². The lowest BCUT2D eigenvalue weighted by atomic mass is 9.94. The van der Waals surface area contributed by atoms with Crippen molar-refractivity contribution in [1.29, 1.82) is 0 Å². The minimum absolute atomic E-state index is 0.749. The highest BCUT2D eigenvalue weighted by Gasteiger charge is 2.26. The molecular formula is C15H30N2. The van der Waals surface area contributed by atoms with Crippen molar-refractivity contribution in [3.05, 3.63) is 12.7 Å². The molecule has 0 N–H and O–H groups in total. The highest BCUT2D eigenvalue weighted by atomic mass is 15.2. The van der Waals surface area contributed by atoms with Crippen LogP contribution < -0.4 is 0 Å². The molecule has 17 heavy (non-hydrogen) atoms. The Kier molecular flexibility index (Phi) is 6.83. The predicted molar refractivity (Wildman–Crippen MR) is 76.4 cm³/mol. The molecule has 2 rings (SSSR count). The average Bonchev–Trinajstić information content (AvgIpc) is 2.42. The molecule has 1 unspecified atom stereocenters. The van der Waals surface area contributed by atoms with Gasteiger partial charge >= 0.3 is 0 Å². The maximum absolute atomic E-state index is 3.94. The Morgan fingerprint density at radius 1 is 1.06 bits per heavy atom. The van der Waals surface area contributed by atoms with Gasteiger partial charge in [0, 0.05) is 12.6 Å². The smallest absolute Gasteiger partial charge is 0.0120 e. The molecule has 2 heterocycles. The molecule has 2 fully saturated rings. The van der Waals surface area contributed by atoms with Crippen LogP contribution in [0.2, 0.25) is 0 Å². The number of nitrogens with zero attached hydrogens (tertiary/aromatic N) is 2. The summed E-state index contributed by atoms with van der Waals surface area (Å²) >= 11 is 0. The van der Waals surface area contributed by atoms with E-state index >= 15 is 0 Å². The molecular weight excluding hydrogens is 208 g/mol. The summed E-state index contributed by atoms with van der Waals surface area (Å²) in [6.45, 7) is 13.1. The van der Waals surface area contributed by atoms with E-state index in [9.17, 15) is 0 Å². The lowest BCUT2D eigenvalue weighted by Crippen LogP contribution is -2.47. The van der Waals surface area contributed by atoms with Crippen LogP contribution in [0, 0.1) is 5.92 Å². The monoisotopic (exact) mass is 238 g/mol. The number of piperidine rings is 2. The average molecular weight is 238 g/mol. The zero-order valence-electron chi connectivity index (χ0n) is 12.0. The van der Waals surface area contributed by atoms with E-state index in [1.807, 2.05) is 13.8 Å². The van der Waals surface area contributed by atoms with E-state index in [0.717, 1.165) is 12.0 Å². The fraction of sp³-hybridized carbons (Fsp3) is 0.867. The molecule has 2 nitrogen and oxygen atoms in total. The topological polar surface area (TPSA) is 6.48 Å². The van der Waals surface area contributed by atoms with Crippen molar-refractivity contribution in [2.45, 2.75) is 45.6 Å². The van der Waals surface area contributed by atoms with E-state index in [2.05, 4.69) is 29.5 Å². The first-order chi connectivity index (χ1) is 8.29. The van der Waals surface area contributed by atoms with Gasteiger partial charge in [0.25, 0.3) is 0 Å². The van der Waals surface area contributed by atoms with Crippen molar-refractivity contribution in [2.75, 3.05) is 33.2 Å². The van der Waals surface area contributed by atoms with Gasteiger partial charge in [0.05, 0.1) is 0 Å².